The van der Waals surface area contributed by atoms with Gasteiger partial charge in [0.1, 0.15) is 5.82 Å². The summed E-state index contributed by atoms with van der Waals surface area (Å²) in [5, 5.41) is 12.5. The van der Waals surface area contributed by atoms with E-state index in [9.17, 15) is 9.59 Å². The Kier molecular flexibility index (Phi) is 8.24. The molecule has 2 aromatic heterocycles. The number of piperazine rings is 1. The van der Waals surface area contributed by atoms with Gasteiger partial charge < -0.3 is 10.2 Å². The van der Waals surface area contributed by atoms with Gasteiger partial charge in [0, 0.05) is 57.8 Å². The molecule has 222 valence electrons. The number of aromatic nitrogens is 4. The van der Waals surface area contributed by atoms with Crippen LogP contribution in [0.1, 0.15) is 34.5 Å². The number of aryl methyl sites for hydroxylation is 3. The second-order valence-corrected chi connectivity index (χ2v) is 11.5. The number of nitrogens with zero attached hydrogens (tertiary/aromatic N) is 6. The third-order valence-electron chi connectivity index (χ3n) is 8.65. The number of benzene rings is 3. The van der Waals surface area contributed by atoms with Crippen molar-refractivity contribution in [3.63, 3.8) is 0 Å². The largest absolute Gasteiger partial charge is 0.369 e. The fourth-order valence-corrected chi connectivity index (χ4v) is 5.95. The molecule has 9 heteroatoms. The quantitative estimate of drug-likeness (QED) is 0.286. The van der Waals surface area contributed by atoms with E-state index >= 15 is 0 Å². The van der Waals surface area contributed by atoms with Crippen molar-refractivity contribution >= 4 is 28.3 Å². The van der Waals surface area contributed by atoms with Gasteiger partial charge in [-0.2, -0.15) is 0 Å². The van der Waals surface area contributed by atoms with Crippen LogP contribution in [0.25, 0.3) is 16.7 Å². The molecule has 3 aromatic carbocycles. The maximum Gasteiger partial charge on any atom is 0.263 e. The van der Waals surface area contributed by atoms with Crippen LogP contribution in [-0.2, 0) is 17.8 Å². The number of nitrogens with one attached hydrogen (secondary N) is 1. The zero-order valence-corrected chi connectivity index (χ0v) is 25.2. The molecule has 9 nitrogen and oxygen atoms in total. The minimum Gasteiger partial charge on any atom is -0.369 e. The Labute approximate surface area is 251 Å². The lowest BCUT2D eigenvalue weighted by molar-refractivity contribution is -0.121. The standard InChI is InChI=1S/C34H39N7O2/c1-24-11-13-27(14-12-24)23-40-33(43)28-8-4-5-9-30(28)41-31(36-37-34(40)41)15-16-32(42)35-17-18-38-19-21-39(22-20-38)29-10-6-7-25(2)26(29)3/h4-14H,15-23H2,1-3H3,(H,35,42). The number of fused-ring (bicyclic) bond motifs is 3. The fraction of sp³-hybridized carbons (Fsp3) is 0.353. The van der Waals surface area contributed by atoms with Gasteiger partial charge in [-0.15, -0.1) is 10.2 Å². The summed E-state index contributed by atoms with van der Waals surface area (Å²) in [6, 6.07) is 22.2. The first kappa shape index (κ1) is 28.6. The van der Waals surface area contributed by atoms with Crippen molar-refractivity contribution in [2.24, 2.45) is 0 Å². The highest BCUT2D eigenvalue weighted by atomic mass is 16.1. The number of carbonyl (C=O) groups is 1. The fourth-order valence-electron chi connectivity index (χ4n) is 5.95. The topological polar surface area (TPSA) is 87.8 Å². The maximum absolute atomic E-state index is 13.5. The Morgan fingerprint density at radius 2 is 1.65 bits per heavy atom. The van der Waals surface area contributed by atoms with Crippen molar-refractivity contribution in [2.45, 2.75) is 40.2 Å². The molecule has 1 aliphatic heterocycles. The van der Waals surface area contributed by atoms with E-state index in [2.05, 4.69) is 57.4 Å². The molecule has 0 radical (unpaired) electrons. The molecule has 1 N–H and O–H groups in total. The second-order valence-electron chi connectivity index (χ2n) is 11.5. The molecule has 0 atom stereocenters. The van der Waals surface area contributed by atoms with Crippen LogP contribution < -0.4 is 15.8 Å². The molecule has 0 unspecified atom stereocenters. The first-order valence-corrected chi connectivity index (χ1v) is 15.1. The number of hydrogen-bond acceptors (Lipinski definition) is 6. The van der Waals surface area contributed by atoms with Crippen LogP contribution in [0.15, 0.2) is 71.5 Å². The summed E-state index contributed by atoms with van der Waals surface area (Å²) < 4.78 is 3.59. The highest BCUT2D eigenvalue weighted by Gasteiger charge is 2.20. The lowest BCUT2D eigenvalue weighted by atomic mass is 10.1. The summed E-state index contributed by atoms with van der Waals surface area (Å²) in [6.45, 7) is 12.2. The van der Waals surface area contributed by atoms with Gasteiger partial charge in [-0.25, -0.2) is 0 Å². The van der Waals surface area contributed by atoms with Crippen molar-refractivity contribution in [3.8, 4) is 0 Å². The maximum atomic E-state index is 13.5. The Morgan fingerprint density at radius 3 is 2.44 bits per heavy atom. The van der Waals surface area contributed by atoms with E-state index in [0.717, 1.165) is 43.8 Å². The molecule has 0 spiro atoms. The average Bonchev–Trinajstić information content (AvgIpc) is 3.45. The predicted octanol–water partition coefficient (Wildman–Crippen LogP) is 3.89. The molecule has 43 heavy (non-hydrogen) atoms. The molecular formula is C34H39N7O2. The Morgan fingerprint density at radius 1 is 0.884 bits per heavy atom. The Balaban J connectivity index is 1.07. The van der Waals surface area contributed by atoms with E-state index in [-0.39, 0.29) is 11.5 Å². The summed E-state index contributed by atoms with van der Waals surface area (Å²) >= 11 is 0. The summed E-state index contributed by atoms with van der Waals surface area (Å²) in [4.78, 5) is 31.2. The number of amides is 1. The van der Waals surface area contributed by atoms with Gasteiger partial charge in [-0.3, -0.25) is 23.5 Å². The normalized spacial score (nSPS) is 14.1. The SMILES string of the molecule is Cc1ccc(Cn2c(=O)c3ccccc3n3c(CCC(=O)NCCN4CCN(c5cccc(C)c5C)CC4)nnc23)cc1. The van der Waals surface area contributed by atoms with Crippen molar-refractivity contribution in [3.05, 3.63) is 105 Å². The summed E-state index contributed by atoms with van der Waals surface area (Å²) in [5.74, 6) is 1.14. The average molecular weight is 578 g/mol. The lowest BCUT2D eigenvalue weighted by Crippen LogP contribution is -2.48. The van der Waals surface area contributed by atoms with Gasteiger partial charge in [-0.1, -0.05) is 54.1 Å². The van der Waals surface area contributed by atoms with Gasteiger partial charge in [0.25, 0.3) is 5.56 Å². The minimum absolute atomic E-state index is 0.0111. The van der Waals surface area contributed by atoms with Crippen LogP contribution >= 0.6 is 0 Å². The molecule has 0 bridgehead atoms. The van der Waals surface area contributed by atoms with Crippen LogP contribution in [-0.4, -0.2) is 69.2 Å². The Hall–Kier alpha value is -4.50. The highest BCUT2D eigenvalue weighted by Crippen LogP contribution is 2.24. The molecular weight excluding hydrogens is 538 g/mol. The molecule has 0 saturated carbocycles. The molecule has 1 fully saturated rings. The van der Waals surface area contributed by atoms with Crippen LogP contribution in [0.2, 0.25) is 0 Å². The Bertz CT molecular complexity index is 1820. The first-order chi connectivity index (χ1) is 20.9. The van der Waals surface area contributed by atoms with E-state index in [4.69, 9.17) is 0 Å². The zero-order valence-electron chi connectivity index (χ0n) is 25.2. The van der Waals surface area contributed by atoms with Crippen LogP contribution in [0, 0.1) is 20.8 Å². The molecule has 0 aliphatic carbocycles. The number of hydrogen-bond donors (Lipinski definition) is 1. The van der Waals surface area contributed by atoms with E-state index in [1.54, 1.807) is 4.57 Å². The zero-order chi connectivity index (χ0) is 29.9. The smallest absolute Gasteiger partial charge is 0.263 e. The highest BCUT2D eigenvalue weighted by molar-refractivity contribution is 5.80. The van der Waals surface area contributed by atoms with E-state index in [1.807, 2.05) is 59.9 Å². The van der Waals surface area contributed by atoms with Crippen molar-refractivity contribution < 1.29 is 4.79 Å². The van der Waals surface area contributed by atoms with Crippen LogP contribution in [0.3, 0.4) is 0 Å². The molecule has 1 amide bonds. The summed E-state index contributed by atoms with van der Waals surface area (Å²) in [7, 11) is 0. The lowest BCUT2D eigenvalue weighted by Gasteiger charge is -2.37. The molecule has 5 aromatic rings. The predicted molar refractivity (Wildman–Crippen MR) is 171 cm³/mol. The molecule has 1 saturated heterocycles. The van der Waals surface area contributed by atoms with Crippen molar-refractivity contribution in [2.75, 3.05) is 44.2 Å². The van der Waals surface area contributed by atoms with Gasteiger partial charge in [-0.05, 0) is 55.7 Å². The number of para-hydroxylation sites is 1. The number of rotatable bonds is 9. The van der Waals surface area contributed by atoms with E-state index in [0.29, 0.717) is 42.9 Å². The monoisotopic (exact) mass is 577 g/mol. The van der Waals surface area contributed by atoms with E-state index in [1.165, 1.54) is 22.4 Å². The molecule has 3 heterocycles. The third-order valence-corrected chi connectivity index (χ3v) is 8.65. The summed E-state index contributed by atoms with van der Waals surface area (Å²) in [5.41, 5.74) is 6.84. The number of carbonyl (C=O) groups excluding carboxylic acids is 1. The third kappa shape index (κ3) is 6.03. The van der Waals surface area contributed by atoms with Crippen LogP contribution in [0.4, 0.5) is 5.69 Å². The van der Waals surface area contributed by atoms with Gasteiger partial charge >= 0.3 is 0 Å². The van der Waals surface area contributed by atoms with Gasteiger partial charge in [0.15, 0.2) is 0 Å². The molecule has 1 aliphatic rings. The number of anilines is 1. The van der Waals surface area contributed by atoms with Crippen molar-refractivity contribution in [1.82, 2.24) is 29.4 Å². The first-order valence-electron chi connectivity index (χ1n) is 15.1. The summed E-state index contributed by atoms with van der Waals surface area (Å²) in [6.07, 6.45) is 0.723. The second kappa shape index (κ2) is 12.4. The van der Waals surface area contributed by atoms with Gasteiger partial charge in [0.05, 0.1) is 17.4 Å². The minimum atomic E-state index is -0.102. The van der Waals surface area contributed by atoms with Gasteiger partial charge in [0.2, 0.25) is 11.7 Å². The van der Waals surface area contributed by atoms with Crippen molar-refractivity contribution in [1.29, 1.82) is 0 Å². The van der Waals surface area contributed by atoms with Crippen LogP contribution in [0.5, 0.6) is 0 Å². The molecule has 6 rings (SSSR count). The van der Waals surface area contributed by atoms with E-state index < -0.39 is 0 Å².